The van der Waals surface area contributed by atoms with E-state index in [1.165, 1.54) is 0 Å². The average Bonchev–Trinajstić information content (AvgIpc) is 2.66. The second-order valence-corrected chi connectivity index (χ2v) is 8.77. The zero-order valence-corrected chi connectivity index (χ0v) is 18.1. The van der Waals surface area contributed by atoms with E-state index in [1.54, 1.807) is 6.92 Å². The lowest BCUT2D eigenvalue weighted by molar-refractivity contribution is -0.186. The Kier molecular flexibility index (Phi) is 11.3. The standard InChI is InChI=1S/C22H38O8/c1-3-4-7-11-14-17(21(27)28)18(22(29)30)16(20(26)19(14)25)13(2)10-8-5-6-9-12-15(23)24/h13-14,16-20,25-26H,3-12H2,1-2H3,(H,23,24)(H,27,28)(H,29,30). The summed E-state index contributed by atoms with van der Waals surface area (Å²) in [6.45, 7) is 3.80. The van der Waals surface area contributed by atoms with Crippen molar-refractivity contribution < 1.29 is 39.9 Å². The van der Waals surface area contributed by atoms with Crippen molar-refractivity contribution in [2.45, 2.75) is 90.3 Å². The molecule has 0 radical (unpaired) electrons. The molecule has 0 aromatic carbocycles. The van der Waals surface area contributed by atoms with Gasteiger partial charge in [0, 0.05) is 18.3 Å². The van der Waals surface area contributed by atoms with Crippen LogP contribution in [0.25, 0.3) is 0 Å². The molecule has 1 rings (SSSR count). The molecule has 1 saturated carbocycles. The molecule has 1 fully saturated rings. The normalized spacial score (nSPS) is 30.0. The molecule has 30 heavy (non-hydrogen) atoms. The van der Waals surface area contributed by atoms with Gasteiger partial charge in [0.25, 0.3) is 0 Å². The first-order chi connectivity index (χ1) is 14.1. The highest BCUT2D eigenvalue weighted by Gasteiger charge is 2.56. The Labute approximate surface area is 178 Å². The van der Waals surface area contributed by atoms with Gasteiger partial charge >= 0.3 is 17.9 Å². The molecular weight excluding hydrogens is 392 g/mol. The van der Waals surface area contributed by atoms with Crippen LogP contribution in [0.3, 0.4) is 0 Å². The first-order valence-corrected chi connectivity index (χ1v) is 11.2. The van der Waals surface area contributed by atoms with Gasteiger partial charge in [-0.2, -0.15) is 0 Å². The smallest absolute Gasteiger partial charge is 0.307 e. The Hall–Kier alpha value is -1.67. The zero-order valence-electron chi connectivity index (χ0n) is 18.1. The number of hydrogen-bond acceptors (Lipinski definition) is 5. The Morgan fingerprint density at radius 2 is 1.40 bits per heavy atom. The van der Waals surface area contributed by atoms with E-state index in [-0.39, 0.29) is 12.3 Å². The van der Waals surface area contributed by atoms with Gasteiger partial charge in [-0.3, -0.25) is 14.4 Å². The van der Waals surface area contributed by atoms with Crippen molar-refractivity contribution in [1.29, 1.82) is 0 Å². The van der Waals surface area contributed by atoms with Crippen molar-refractivity contribution in [3.05, 3.63) is 0 Å². The van der Waals surface area contributed by atoms with Crippen molar-refractivity contribution in [3.8, 4) is 0 Å². The highest BCUT2D eigenvalue weighted by Crippen LogP contribution is 2.46. The molecule has 8 heteroatoms. The summed E-state index contributed by atoms with van der Waals surface area (Å²) >= 11 is 0. The van der Waals surface area contributed by atoms with Gasteiger partial charge < -0.3 is 25.5 Å². The van der Waals surface area contributed by atoms with Gasteiger partial charge in [-0.1, -0.05) is 58.8 Å². The number of rotatable bonds is 14. The van der Waals surface area contributed by atoms with Gasteiger partial charge in [0.2, 0.25) is 0 Å². The maximum atomic E-state index is 12.1. The lowest BCUT2D eigenvalue weighted by atomic mass is 9.59. The number of aliphatic hydroxyl groups is 2. The Morgan fingerprint density at radius 1 is 0.800 bits per heavy atom. The SMILES string of the molecule is CCCCCC1C(O)C(O)C(C(C)CCCCCCC(=O)O)C(C(=O)O)C1C(=O)O. The Balaban J connectivity index is 2.89. The van der Waals surface area contributed by atoms with E-state index in [9.17, 15) is 34.8 Å². The van der Waals surface area contributed by atoms with Crippen LogP contribution in [0, 0.1) is 29.6 Å². The fourth-order valence-electron chi connectivity index (χ4n) is 5.03. The number of aliphatic carboxylic acids is 3. The molecule has 0 spiro atoms. The summed E-state index contributed by atoms with van der Waals surface area (Å²) in [4.78, 5) is 34.6. The van der Waals surface area contributed by atoms with Crippen LogP contribution < -0.4 is 0 Å². The van der Waals surface area contributed by atoms with E-state index in [2.05, 4.69) is 0 Å². The third-order valence-electron chi connectivity index (χ3n) is 6.61. The number of aliphatic hydroxyl groups excluding tert-OH is 2. The van der Waals surface area contributed by atoms with E-state index in [1.807, 2.05) is 6.92 Å². The first kappa shape index (κ1) is 26.4. The summed E-state index contributed by atoms with van der Waals surface area (Å²) in [5.41, 5.74) is 0. The largest absolute Gasteiger partial charge is 0.481 e. The topological polar surface area (TPSA) is 152 Å². The first-order valence-electron chi connectivity index (χ1n) is 11.2. The molecule has 174 valence electrons. The average molecular weight is 431 g/mol. The molecule has 0 amide bonds. The quantitative estimate of drug-likeness (QED) is 0.264. The molecule has 0 bridgehead atoms. The highest BCUT2D eigenvalue weighted by molar-refractivity contribution is 5.81. The second-order valence-electron chi connectivity index (χ2n) is 8.77. The van der Waals surface area contributed by atoms with Gasteiger partial charge in [-0.15, -0.1) is 0 Å². The van der Waals surface area contributed by atoms with E-state index >= 15 is 0 Å². The van der Waals surface area contributed by atoms with Gasteiger partial charge in [0.15, 0.2) is 0 Å². The minimum absolute atomic E-state index is 0.115. The van der Waals surface area contributed by atoms with Crippen LogP contribution in [-0.4, -0.2) is 55.6 Å². The summed E-state index contributed by atoms with van der Waals surface area (Å²) in [7, 11) is 0. The molecular formula is C22H38O8. The molecule has 7 atom stereocenters. The molecule has 0 aromatic heterocycles. The minimum Gasteiger partial charge on any atom is -0.481 e. The van der Waals surface area contributed by atoms with Crippen LogP contribution in [0.15, 0.2) is 0 Å². The summed E-state index contributed by atoms with van der Waals surface area (Å²) in [6.07, 6.45) is 3.80. The van der Waals surface area contributed by atoms with Crippen molar-refractivity contribution in [2.24, 2.45) is 29.6 Å². The predicted octanol–water partition coefficient (Wildman–Crippen LogP) is 3.00. The summed E-state index contributed by atoms with van der Waals surface area (Å²) in [6, 6.07) is 0. The molecule has 1 aliphatic carbocycles. The van der Waals surface area contributed by atoms with Crippen molar-refractivity contribution in [3.63, 3.8) is 0 Å². The zero-order chi connectivity index (χ0) is 22.8. The van der Waals surface area contributed by atoms with Crippen molar-refractivity contribution in [1.82, 2.24) is 0 Å². The van der Waals surface area contributed by atoms with E-state index < -0.39 is 53.8 Å². The van der Waals surface area contributed by atoms with Crippen LogP contribution in [0.4, 0.5) is 0 Å². The van der Waals surface area contributed by atoms with Crippen LogP contribution in [0.2, 0.25) is 0 Å². The monoisotopic (exact) mass is 430 g/mol. The fourth-order valence-corrected chi connectivity index (χ4v) is 5.03. The van der Waals surface area contributed by atoms with Crippen LogP contribution >= 0.6 is 0 Å². The number of unbranched alkanes of at least 4 members (excludes halogenated alkanes) is 5. The Bertz CT molecular complexity index is 563. The fraction of sp³-hybridized carbons (Fsp3) is 0.864. The summed E-state index contributed by atoms with van der Waals surface area (Å²) in [5, 5.41) is 49.8. The number of carboxylic acid groups (broad SMARTS) is 3. The van der Waals surface area contributed by atoms with Crippen LogP contribution in [0.5, 0.6) is 0 Å². The van der Waals surface area contributed by atoms with E-state index in [0.717, 1.165) is 32.1 Å². The number of carbonyl (C=O) groups is 3. The minimum atomic E-state index is -1.28. The molecule has 7 unspecified atom stereocenters. The highest BCUT2D eigenvalue weighted by atomic mass is 16.4. The molecule has 0 heterocycles. The molecule has 8 nitrogen and oxygen atoms in total. The third kappa shape index (κ3) is 7.23. The molecule has 0 aliphatic heterocycles. The summed E-state index contributed by atoms with van der Waals surface area (Å²) < 4.78 is 0. The second kappa shape index (κ2) is 12.9. The van der Waals surface area contributed by atoms with Gasteiger partial charge in [0.05, 0.1) is 24.0 Å². The molecule has 1 aliphatic rings. The number of hydrogen-bond donors (Lipinski definition) is 5. The summed E-state index contributed by atoms with van der Waals surface area (Å²) in [5.74, 6) is -7.72. The van der Waals surface area contributed by atoms with Gasteiger partial charge in [0.1, 0.15) is 0 Å². The van der Waals surface area contributed by atoms with Crippen molar-refractivity contribution in [2.75, 3.05) is 0 Å². The lowest BCUT2D eigenvalue weighted by Gasteiger charge is -2.47. The van der Waals surface area contributed by atoms with E-state index in [4.69, 9.17) is 5.11 Å². The molecule has 5 N–H and O–H groups in total. The number of carboxylic acids is 3. The molecule has 0 aromatic rings. The maximum absolute atomic E-state index is 12.1. The van der Waals surface area contributed by atoms with E-state index in [0.29, 0.717) is 25.7 Å². The Morgan fingerprint density at radius 3 is 1.93 bits per heavy atom. The maximum Gasteiger partial charge on any atom is 0.307 e. The van der Waals surface area contributed by atoms with Crippen LogP contribution in [-0.2, 0) is 14.4 Å². The third-order valence-corrected chi connectivity index (χ3v) is 6.61. The van der Waals surface area contributed by atoms with Crippen LogP contribution in [0.1, 0.15) is 78.1 Å². The van der Waals surface area contributed by atoms with Gasteiger partial charge in [-0.05, 0) is 18.8 Å². The van der Waals surface area contributed by atoms with Crippen molar-refractivity contribution >= 4 is 17.9 Å². The predicted molar refractivity (Wildman–Crippen MR) is 110 cm³/mol. The lowest BCUT2D eigenvalue weighted by Crippen LogP contribution is -2.58. The van der Waals surface area contributed by atoms with Gasteiger partial charge in [-0.25, -0.2) is 0 Å². The molecule has 0 saturated heterocycles.